The molecule has 0 N–H and O–H groups in total. The van der Waals surface area contributed by atoms with Gasteiger partial charge >= 0.3 is 0 Å². The number of piperidine rings is 1. The molecule has 1 unspecified atom stereocenters. The lowest BCUT2D eigenvalue weighted by Gasteiger charge is -2.28. The van der Waals surface area contributed by atoms with Crippen LogP contribution >= 0.6 is 0 Å². The Morgan fingerprint density at radius 1 is 1.29 bits per heavy atom. The van der Waals surface area contributed by atoms with E-state index in [1.165, 1.54) is 50.8 Å². The zero-order chi connectivity index (χ0) is 10.4. The summed E-state index contributed by atoms with van der Waals surface area (Å²) >= 11 is 0. The quantitative estimate of drug-likeness (QED) is 0.607. The molecule has 0 aromatic carbocycles. The van der Waals surface area contributed by atoms with E-state index in [2.05, 4.69) is 25.3 Å². The molecule has 1 aliphatic heterocycles. The molecule has 1 saturated heterocycles. The molecular weight excluding hydrogens is 170 g/mol. The van der Waals surface area contributed by atoms with Crippen molar-refractivity contribution < 1.29 is 0 Å². The lowest BCUT2D eigenvalue weighted by molar-refractivity contribution is 0.240. The molecule has 1 heterocycles. The molecule has 1 heteroatoms. The molecule has 1 atom stereocenters. The SMILES string of the molecule is C=C(CN1CCCCC1)C(C)CCC. The zero-order valence-electron chi connectivity index (χ0n) is 9.89. The van der Waals surface area contributed by atoms with Gasteiger partial charge in [-0.25, -0.2) is 0 Å². The molecule has 0 amide bonds. The maximum atomic E-state index is 4.23. The van der Waals surface area contributed by atoms with Crippen LogP contribution in [0, 0.1) is 5.92 Å². The summed E-state index contributed by atoms with van der Waals surface area (Å²) in [4.78, 5) is 2.57. The van der Waals surface area contributed by atoms with Crippen molar-refractivity contribution in [3.8, 4) is 0 Å². The molecule has 0 saturated carbocycles. The summed E-state index contributed by atoms with van der Waals surface area (Å²) in [6.07, 6.45) is 6.77. The number of rotatable bonds is 5. The van der Waals surface area contributed by atoms with Gasteiger partial charge in [0.1, 0.15) is 0 Å². The Labute approximate surface area is 89.2 Å². The Hall–Kier alpha value is -0.300. The Morgan fingerprint density at radius 3 is 2.50 bits per heavy atom. The summed E-state index contributed by atoms with van der Waals surface area (Å²) in [5.41, 5.74) is 1.44. The van der Waals surface area contributed by atoms with Crippen LogP contribution in [0.15, 0.2) is 12.2 Å². The highest BCUT2D eigenvalue weighted by molar-refractivity contribution is 5.02. The molecule has 1 fully saturated rings. The van der Waals surface area contributed by atoms with Crippen LogP contribution in [0.2, 0.25) is 0 Å². The average molecular weight is 195 g/mol. The lowest BCUT2D eigenvalue weighted by atomic mass is 9.96. The predicted octanol–water partition coefficient (Wildman–Crippen LogP) is 3.46. The van der Waals surface area contributed by atoms with Crippen molar-refractivity contribution in [1.29, 1.82) is 0 Å². The third-order valence-corrected chi connectivity index (χ3v) is 3.29. The van der Waals surface area contributed by atoms with E-state index in [9.17, 15) is 0 Å². The molecule has 0 bridgehead atoms. The highest BCUT2D eigenvalue weighted by Crippen LogP contribution is 2.18. The Bertz CT molecular complexity index is 168. The fourth-order valence-corrected chi connectivity index (χ4v) is 2.20. The first-order valence-corrected chi connectivity index (χ1v) is 6.14. The molecule has 0 aromatic heterocycles. The first kappa shape index (κ1) is 11.8. The Balaban J connectivity index is 2.24. The van der Waals surface area contributed by atoms with Crippen LogP contribution in [0.1, 0.15) is 46.0 Å². The summed E-state index contributed by atoms with van der Waals surface area (Å²) in [6, 6.07) is 0. The number of hydrogen-bond acceptors (Lipinski definition) is 1. The summed E-state index contributed by atoms with van der Waals surface area (Å²) in [5, 5.41) is 0. The van der Waals surface area contributed by atoms with E-state index in [0.29, 0.717) is 5.92 Å². The van der Waals surface area contributed by atoms with Gasteiger partial charge in [0.2, 0.25) is 0 Å². The minimum Gasteiger partial charge on any atom is -0.299 e. The van der Waals surface area contributed by atoms with E-state index >= 15 is 0 Å². The van der Waals surface area contributed by atoms with E-state index < -0.39 is 0 Å². The number of nitrogens with zero attached hydrogens (tertiary/aromatic N) is 1. The molecule has 14 heavy (non-hydrogen) atoms. The number of likely N-dealkylation sites (tertiary alicyclic amines) is 1. The van der Waals surface area contributed by atoms with E-state index in [4.69, 9.17) is 0 Å². The van der Waals surface area contributed by atoms with Gasteiger partial charge in [0.25, 0.3) is 0 Å². The van der Waals surface area contributed by atoms with Gasteiger partial charge in [-0.2, -0.15) is 0 Å². The topological polar surface area (TPSA) is 3.24 Å². The third-order valence-electron chi connectivity index (χ3n) is 3.29. The Kier molecular flexibility index (Phi) is 5.24. The van der Waals surface area contributed by atoms with Gasteiger partial charge in [-0.3, -0.25) is 4.90 Å². The normalized spacial score (nSPS) is 20.7. The van der Waals surface area contributed by atoms with Crippen molar-refractivity contribution in [3.63, 3.8) is 0 Å². The molecule has 1 nitrogen and oxygen atoms in total. The highest BCUT2D eigenvalue weighted by Gasteiger charge is 2.13. The third kappa shape index (κ3) is 3.83. The van der Waals surface area contributed by atoms with Gasteiger partial charge in [-0.15, -0.1) is 0 Å². The van der Waals surface area contributed by atoms with Crippen LogP contribution < -0.4 is 0 Å². The van der Waals surface area contributed by atoms with Crippen molar-refractivity contribution in [1.82, 2.24) is 4.90 Å². The average Bonchev–Trinajstić information content (AvgIpc) is 2.19. The molecule has 1 aliphatic rings. The minimum absolute atomic E-state index is 0.710. The molecule has 1 rings (SSSR count). The van der Waals surface area contributed by atoms with Gasteiger partial charge in [0, 0.05) is 6.54 Å². The molecule has 0 aromatic rings. The number of hydrogen-bond donors (Lipinski definition) is 0. The monoisotopic (exact) mass is 195 g/mol. The van der Waals surface area contributed by atoms with Crippen LogP contribution in [-0.2, 0) is 0 Å². The van der Waals surface area contributed by atoms with Crippen molar-refractivity contribution in [2.24, 2.45) is 5.92 Å². The van der Waals surface area contributed by atoms with Gasteiger partial charge in [0.05, 0.1) is 0 Å². The standard InChI is InChI=1S/C13H25N/c1-4-8-12(2)13(3)11-14-9-6-5-7-10-14/h12H,3-11H2,1-2H3. The smallest absolute Gasteiger partial charge is 0.0192 e. The van der Waals surface area contributed by atoms with E-state index in [-0.39, 0.29) is 0 Å². The molecular formula is C13H25N. The van der Waals surface area contributed by atoms with Crippen LogP contribution in [0.25, 0.3) is 0 Å². The first-order chi connectivity index (χ1) is 6.74. The Morgan fingerprint density at radius 2 is 1.93 bits per heavy atom. The second-order valence-electron chi connectivity index (χ2n) is 4.68. The second kappa shape index (κ2) is 6.23. The lowest BCUT2D eigenvalue weighted by Crippen LogP contribution is -2.32. The summed E-state index contributed by atoms with van der Waals surface area (Å²) in [7, 11) is 0. The fourth-order valence-electron chi connectivity index (χ4n) is 2.20. The predicted molar refractivity (Wildman–Crippen MR) is 63.5 cm³/mol. The molecule has 82 valence electrons. The van der Waals surface area contributed by atoms with Crippen molar-refractivity contribution in [3.05, 3.63) is 12.2 Å². The molecule has 0 aliphatic carbocycles. The van der Waals surface area contributed by atoms with Crippen LogP contribution in [0.4, 0.5) is 0 Å². The molecule has 0 radical (unpaired) electrons. The van der Waals surface area contributed by atoms with Gasteiger partial charge < -0.3 is 0 Å². The second-order valence-corrected chi connectivity index (χ2v) is 4.68. The maximum absolute atomic E-state index is 4.23. The summed E-state index contributed by atoms with van der Waals surface area (Å²) < 4.78 is 0. The van der Waals surface area contributed by atoms with Crippen LogP contribution in [-0.4, -0.2) is 24.5 Å². The maximum Gasteiger partial charge on any atom is 0.0192 e. The van der Waals surface area contributed by atoms with Crippen LogP contribution in [0.5, 0.6) is 0 Å². The van der Waals surface area contributed by atoms with E-state index in [1.807, 2.05) is 0 Å². The van der Waals surface area contributed by atoms with Crippen molar-refractivity contribution in [2.45, 2.75) is 46.0 Å². The first-order valence-electron chi connectivity index (χ1n) is 6.14. The van der Waals surface area contributed by atoms with E-state index in [1.54, 1.807) is 0 Å². The molecule has 0 spiro atoms. The summed E-state index contributed by atoms with van der Waals surface area (Å²) in [5.74, 6) is 0.710. The van der Waals surface area contributed by atoms with Crippen molar-refractivity contribution in [2.75, 3.05) is 19.6 Å². The fraction of sp³-hybridized carbons (Fsp3) is 0.846. The van der Waals surface area contributed by atoms with Gasteiger partial charge in [0.15, 0.2) is 0 Å². The van der Waals surface area contributed by atoms with Crippen molar-refractivity contribution >= 4 is 0 Å². The zero-order valence-corrected chi connectivity index (χ0v) is 9.89. The largest absolute Gasteiger partial charge is 0.299 e. The summed E-state index contributed by atoms with van der Waals surface area (Å²) in [6.45, 7) is 12.5. The van der Waals surface area contributed by atoms with Crippen LogP contribution in [0.3, 0.4) is 0 Å². The van der Waals surface area contributed by atoms with E-state index in [0.717, 1.165) is 6.54 Å². The van der Waals surface area contributed by atoms with Gasteiger partial charge in [-0.05, 0) is 38.3 Å². The van der Waals surface area contributed by atoms with Gasteiger partial charge in [-0.1, -0.05) is 38.8 Å². The minimum atomic E-state index is 0.710. The highest BCUT2D eigenvalue weighted by atomic mass is 15.1.